The van der Waals surface area contributed by atoms with Crippen LogP contribution in [0.15, 0.2) is 65.6 Å². The van der Waals surface area contributed by atoms with Crippen LogP contribution in [-0.4, -0.2) is 21.4 Å². The number of hydrogen-bond donors (Lipinski definition) is 2. The van der Waals surface area contributed by atoms with Crippen molar-refractivity contribution in [1.82, 2.24) is 5.32 Å². The smallest absolute Gasteiger partial charge is 0.263 e. The molecule has 34 heavy (non-hydrogen) atoms. The molecule has 0 fully saturated rings. The van der Waals surface area contributed by atoms with E-state index in [4.69, 9.17) is 16.3 Å². The third kappa shape index (κ3) is 5.72. The fourth-order valence-corrected chi connectivity index (χ4v) is 5.32. The first-order chi connectivity index (χ1) is 16.0. The number of amides is 1. The summed E-state index contributed by atoms with van der Waals surface area (Å²) in [4.78, 5) is 12.9. The van der Waals surface area contributed by atoms with Crippen molar-refractivity contribution in [3.63, 3.8) is 0 Å². The Kier molecular flexibility index (Phi) is 7.89. The van der Waals surface area contributed by atoms with Crippen LogP contribution >= 0.6 is 11.6 Å². The van der Waals surface area contributed by atoms with Crippen molar-refractivity contribution in [2.24, 2.45) is 0 Å². The van der Waals surface area contributed by atoms with Gasteiger partial charge in [-0.2, -0.15) is 0 Å². The maximum atomic E-state index is 13.0. The van der Waals surface area contributed by atoms with Crippen molar-refractivity contribution in [3.05, 3.63) is 87.9 Å². The van der Waals surface area contributed by atoms with Crippen molar-refractivity contribution < 1.29 is 17.9 Å². The van der Waals surface area contributed by atoms with E-state index in [1.165, 1.54) is 18.2 Å². The van der Waals surface area contributed by atoms with Crippen LogP contribution in [0.1, 0.15) is 59.8 Å². The molecule has 2 N–H and O–H groups in total. The van der Waals surface area contributed by atoms with Crippen molar-refractivity contribution >= 4 is 33.2 Å². The van der Waals surface area contributed by atoms with Gasteiger partial charge in [0.25, 0.3) is 15.9 Å². The summed E-state index contributed by atoms with van der Waals surface area (Å²) >= 11 is 6.19. The highest BCUT2D eigenvalue weighted by Gasteiger charge is 2.22. The minimum Gasteiger partial charge on any atom is -0.496 e. The molecular weight excluding hydrogens is 472 g/mol. The van der Waals surface area contributed by atoms with Crippen LogP contribution in [0.5, 0.6) is 5.75 Å². The molecule has 0 radical (unpaired) electrons. The molecule has 180 valence electrons. The van der Waals surface area contributed by atoms with Crippen LogP contribution in [0.25, 0.3) is 0 Å². The zero-order chi connectivity index (χ0) is 25.0. The van der Waals surface area contributed by atoms with Gasteiger partial charge in [0, 0.05) is 11.3 Å². The average Bonchev–Trinajstić information content (AvgIpc) is 2.78. The van der Waals surface area contributed by atoms with Gasteiger partial charge in [-0.3, -0.25) is 9.52 Å². The molecule has 8 heteroatoms. The number of ether oxygens (including phenoxy) is 1. The molecule has 1 amide bonds. The zero-order valence-electron chi connectivity index (χ0n) is 19.8. The zero-order valence-corrected chi connectivity index (χ0v) is 21.4. The number of carbonyl (C=O) groups is 1. The van der Waals surface area contributed by atoms with Crippen molar-refractivity contribution in [2.75, 3.05) is 11.8 Å². The maximum Gasteiger partial charge on any atom is 0.263 e. The molecule has 0 heterocycles. The topological polar surface area (TPSA) is 84.5 Å². The van der Waals surface area contributed by atoms with Crippen LogP contribution < -0.4 is 14.8 Å². The summed E-state index contributed by atoms with van der Waals surface area (Å²) in [7, 11) is -2.34. The Morgan fingerprint density at radius 2 is 1.65 bits per heavy atom. The second kappa shape index (κ2) is 10.5. The summed E-state index contributed by atoms with van der Waals surface area (Å²) in [5.41, 5.74) is 3.60. The predicted octanol–water partition coefficient (Wildman–Crippen LogP) is 6.07. The molecule has 3 rings (SSSR count). The van der Waals surface area contributed by atoms with Gasteiger partial charge in [-0.25, -0.2) is 8.42 Å². The molecule has 0 saturated heterocycles. The molecule has 0 unspecified atom stereocenters. The lowest BCUT2D eigenvalue weighted by atomic mass is 9.93. The van der Waals surface area contributed by atoms with E-state index in [2.05, 4.69) is 23.9 Å². The molecule has 6 nitrogen and oxygen atoms in total. The fraction of sp³-hybridized carbons (Fsp3) is 0.269. The molecule has 0 aliphatic rings. The number of methoxy groups -OCH3 is 1. The molecule has 1 atom stereocenters. The van der Waals surface area contributed by atoms with Gasteiger partial charge in [-0.15, -0.1) is 0 Å². The number of sulfonamides is 1. The van der Waals surface area contributed by atoms with E-state index < -0.39 is 15.9 Å². The Morgan fingerprint density at radius 3 is 2.26 bits per heavy atom. The Labute approximate surface area is 206 Å². The van der Waals surface area contributed by atoms with Gasteiger partial charge in [-0.05, 0) is 78.9 Å². The molecule has 0 bridgehead atoms. The summed E-state index contributed by atoms with van der Waals surface area (Å²) in [5, 5.41) is 3.00. The summed E-state index contributed by atoms with van der Waals surface area (Å²) in [6, 6.07) is 16.4. The lowest BCUT2D eigenvalue weighted by Gasteiger charge is -2.21. The third-order valence-electron chi connectivity index (χ3n) is 5.56. The SMILES string of the molecule is COc1cc(C)c([C@H](C)NC(=O)c2ccc(Cl)c(S(=O)(=O)Nc3ccccc3)c2)cc1C(C)C. The van der Waals surface area contributed by atoms with E-state index in [1.54, 1.807) is 37.4 Å². The predicted molar refractivity (Wildman–Crippen MR) is 136 cm³/mol. The Bertz CT molecular complexity index is 1290. The number of hydrogen-bond acceptors (Lipinski definition) is 4. The number of aryl methyl sites for hydroxylation is 1. The fourth-order valence-electron chi connectivity index (χ4n) is 3.73. The second-order valence-corrected chi connectivity index (χ2v) is 10.5. The molecule has 0 aliphatic heterocycles. The summed E-state index contributed by atoms with van der Waals surface area (Å²) in [6.07, 6.45) is 0. The van der Waals surface area contributed by atoms with Crippen LogP contribution in [-0.2, 0) is 10.0 Å². The average molecular weight is 501 g/mol. The van der Waals surface area contributed by atoms with Gasteiger partial charge in [0.15, 0.2) is 0 Å². The molecule has 0 aromatic heterocycles. The summed E-state index contributed by atoms with van der Waals surface area (Å²) < 4.78 is 33.8. The standard InChI is InChI=1S/C26H29ClN2O4S/c1-16(2)21-15-22(17(3)13-24(21)33-5)18(4)28-26(30)19-11-12-23(27)25(14-19)34(31,32)29-20-9-7-6-8-10-20/h6-16,18,29H,1-5H3,(H,28,30)/t18-/m0/s1. The highest BCUT2D eigenvalue weighted by atomic mass is 35.5. The molecule has 3 aromatic carbocycles. The molecular formula is C26H29ClN2O4S. The highest BCUT2D eigenvalue weighted by Crippen LogP contribution is 2.32. The van der Waals surface area contributed by atoms with Crippen LogP contribution in [0.4, 0.5) is 5.69 Å². The van der Waals surface area contributed by atoms with E-state index in [-0.39, 0.29) is 27.4 Å². The van der Waals surface area contributed by atoms with E-state index in [9.17, 15) is 13.2 Å². The maximum absolute atomic E-state index is 13.0. The third-order valence-corrected chi connectivity index (χ3v) is 7.43. The lowest BCUT2D eigenvalue weighted by Crippen LogP contribution is -2.27. The number of halogens is 1. The number of nitrogens with one attached hydrogen (secondary N) is 2. The van der Waals surface area contributed by atoms with Gasteiger partial charge in [0.05, 0.1) is 18.2 Å². The van der Waals surface area contributed by atoms with E-state index in [0.717, 1.165) is 22.4 Å². The summed E-state index contributed by atoms with van der Waals surface area (Å²) in [5.74, 6) is 0.660. The van der Waals surface area contributed by atoms with Crippen LogP contribution in [0.3, 0.4) is 0 Å². The van der Waals surface area contributed by atoms with Gasteiger partial charge in [0.1, 0.15) is 10.6 Å². The molecule has 0 spiro atoms. The van der Waals surface area contributed by atoms with Crippen molar-refractivity contribution in [3.8, 4) is 5.75 Å². The van der Waals surface area contributed by atoms with Crippen molar-refractivity contribution in [1.29, 1.82) is 0 Å². The number of carbonyl (C=O) groups excluding carboxylic acids is 1. The number of para-hydroxylation sites is 1. The molecule has 0 saturated carbocycles. The minimum atomic E-state index is -3.99. The van der Waals surface area contributed by atoms with Crippen molar-refractivity contribution in [2.45, 2.75) is 44.6 Å². The van der Waals surface area contributed by atoms with Crippen LogP contribution in [0.2, 0.25) is 5.02 Å². The highest BCUT2D eigenvalue weighted by molar-refractivity contribution is 7.92. The van der Waals surface area contributed by atoms with E-state index in [1.807, 2.05) is 26.0 Å². The first-order valence-electron chi connectivity index (χ1n) is 10.9. The quantitative estimate of drug-likeness (QED) is 0.393. The van der Waals surface area contributed by atoms with Gasteiger partial charge < -0.3 is 10.1 Å². The van der Waals surface area contributed by atoms with Gasteiger partial charge in [-0.1, -0.05) is 43.6 Å². The largest absolute Gasteiger partial charge is 0.496 e. The normalized spacial score (nSPS) is 12.3. The van der Waals surface area contributed by atoms with Gasteiger partial charge >= 0.3 is 0 Å². The monoisotopic (exact) mass is 500 g/mol. The Hall–Kier alpha value is -3.03. The first kappa shape index (κ1) is 25.6. The van der Waals surface area contributed by atoms with Gasteiger partial charge in [0.2, 0.25) is 0 Å². The molecule has 0 aliphatic carbocycles. The Balaban J connectivity index is 1.87. The van der Waals surface area contributed by atoms with Crippen LogP contribution in [0, 0.1) is 6.92 Å². The molecule has 3 aromatic rings. The first-order valence-corrected chi connectivity index (χ1v) is 12.8. The minimum absolute atomic E-state index is 0.0283. The second-order valence-electron chi connectivity index (χ2n) is 8.42. The van der Waals surface area contributed by atoms with E-state index >= 15 is 0 Å². The summed E-state index contributed by atoms with van der Waals surface area (Å²) in [6.45, 7) is 8.02. The number of rotatable bonds is 8. The van der Waals surface area contributed by atoms with E-state index in [0.29, 0.717) is 5.69 Å². The number of anilines is 1. The Morgan fingerprint density at radius 1 is 0.971 bits per heavy atom. The lowest BCUT2D eigenvalue weighted by molar-refractivity contribution is 0.0939. The number of benzene rings is 3.